The normalized spacial score (nSPS) is 18.4. The first kappa shape index (κ1) is 11.7. The molecule has 0 radical (unpaired) electrons. The zero-order chi connectivity index (χ0) is 11.2. The van der Waals surface area contributed by atoms with E-state index < -0.39 is 0 Å². The Hall–Kier alpha value is -0.740. The first-order chi connectivity index (χ1) is 7.90. The van der Waals surface area contributed by atoms with E-state index >= 15 is 0 Å². The Morgan fingerprint density at radius 1 is 1.12 bits per heavy atom. The molecule has 0 aromatic carbocycles. The summed E-state index contributed by atoms with van der Waals surface area (Å²) in [7, 11) is 0. The number of aromatic nitrogens is 1. The molecule has 0 bridgehead atoms. The Kier molecular flexibility index (Phi) is 4.48. The van der Waals surface area contributed by atoms with Crippen LogP contribution in [0.15, 0.2) is 24.5 Å². The van der Waals surface area contributed by atoms with Crippen molar-refractivity contribution in [3.8, 4) is 0 Å². The average molecular weight is 237 g/mol. The monoisotopic (exact) mass is 237 g/mol. The highest BCUT2D eigenvalue weighted by Gasteiger charge is 2.14. The molecule has 0 spiro atoms. The van der Waals surface area contributed by atoms with E-state index in [1.807, 2.05) is 12.4 Å². The molecule has 1 aromatic heterocycles. The van der Waals surface area contributed by atoms with Crippen LogP contribution in [0.5, 0.6) is 0 Å². The van der Waals surface area contributed by atoms with Gasteiger partial charge in [0.25, 0.3) is 0 Å². The number of hydrogen-bond acceptors (Lipinski definition) is 4. The lowest BCUT2D eigenvalue weighted by atomic mass is 10.3. The maximum atomic E-state index is 4.29. The van der Waals surface area contributed by atoms with Crippen LogP contribution >= 0.6 is 12.6 Å². The van der Waals surface area contributed by atoms with E-state index in [1.54, 1.807) is 0 Å². The maximum Gasteiger partial charge on any atom is 0.0397 e. The van der Waals surface area contributed by atoms with Crippen LogP contribution in [-0.4, -0.2) is 48.4 Å². The van der Waals surface area contributed by atoms with E-state index in [0.29, 0.717) is 0 Å². The Morgan fingerprint density at radius 3 is 2.69 bits per heavy atom. The molecule has 0 saturated carbocycles. The van der Waals surface area contributed by atoms with E-state index in [-0.39, 0.29) is 0 Å². The summed E-state index contributed by atoms with van der Waals surface area (Å²) >= 11 is 4.29. The van der Waals surface area contributed by atoms with Gasteiger partial charge < -0.3 is 9.80 Å². The van der Waals surface area contributed by atoms with Gasteiger partial charge in [0.1, 0.15) is 0 Å². The van der Waals surface area contributed by atoms with Gasteiger partial charge in [-0.2, -0.15) is 12.6 Å². The smallest absolute Gasteiger partial charge is 0.0397 e. The van der Waals surface area contributed by atoms with Crippen LogP contribution < -0.4 is 4.90 Å². The Labute approximate surface area is 103 Å². The fourth-order valence-corrected chi connectivity index (χ4v) is 2.43. The number of anilines is 1. The summed E-state index contributed by atoms with van der Waals surface area (Å²) in [5.74, 6) is 0.954. The molecule has 1 aromatic rings. The van der Waals surface area contributed by atoms with Gasteiger partial charge in [0.15, 0.2) is 0 Å². The van der Waals surface area contributed by atoms with Crippen molar-refractivity contribution in [3.05, 3.63) is 24.5 Å². The topological polar surface area (TPSA) is 19.4 Å². The van der Waals surface area contributed by atoms with Crippen LogP contribution in [0.3, 0.4) is 0 Å². The van der Waals surface area contributed by atoms with Gasteiger partial charge in [0.05, 0.1) is 0 Å². The van der Waals surface area contributed by atoms with Crippen molar-refractivity contribution >= 4 is 18.3 Å². The molecule has 2 rings (SSSR count). The van der Waals surface area contributed by atoms with Crippen LogP contribution in [0.1, 0.15) is 6.42 Å². The highest BCUT2D eigenvalue weighted by atomic mass is 32.1. The first-order valence-corrected chi connectivity index (χ1v) is 6.51. The molecular weight excluding hydrogens is 218 g/mol. The Bertz CT molecular complexity index is 304. The van der Waals surface area contributed by atoms with Crippen molar-refractivity contribution in [3.63, 3.8) is 0 Å². The van der Waals surface area contributed by atoms with Gasteiger partial charge in [-0.15, -0.1) is 0 Å². The first-order valence-electron chi connectivity index (χ1n) is 5.88. The summed E-state index contributed by atoms with van der Waals surface area (Å²) < 4.78 is 0. The van der Waals surface area contributed by atoms with Crippen LogP contribution in [0.4, 0.5) is 5.69 Å². The second-order valence-electron chi connectivity index (χ2n) is 4.11. The summed E-state index contributed by atoms with van der Waals surface area (Å²) in [5, 5.41) is 0. The molecule has 2 heterocycles. The van der Waals surface area contributed by atoms with E-state index in [9.17, 15) is 0 Å². The van der Waals surface area contributed by atoms with Crippen LogP contribution in [0, 0.1) is 0 Å². The number of thiol groups is 1. The summed E-state index contributed by atoms with van der Waals surface area (Å²) in [4.78, 5) is 9.00. The summed E-state index contributed by atoms with van der Waals surface area (Å²) in [5.41, 5.74) is 1.29. The predicted octanol–water partition coefficient (Wildman–Crippen LogP) is 1.52. The zero-order valence-electron chi connectivity index (χ0n) is 9.55. The minimum Gasteiger partial charge on any atom is -0.370 e. The SMILES string of the molecule is SCCN1CCCN(c2ccncc2)CC1. The number of hydrogen-bond donors (Lipinski definition) is 1. The Balaban J connectivity index is 1.94. The molecule has 0 amide bonds. The van der Waals surface area contributed by atoms with Gasteiger partial charge in [-0.3, -0.25) is 4.98 Å². The highest BCUT2D eigenvalue weighted by Crippen LogP contribution is 2.14. The summed E-state index contributed by atoms with van der Waals surface area (Å²) in [6.45, 7) is 5.70. The standard InChI is InChI=1S/C12H19N3S/c16-11-10-14-6-1-7-15(9-8-14)12-2-4-13-5-3-12/h2-5,16H,1,6-11H2. The molecular formula is C12H19N3S. The summed E-state index contributed by atoms with van der Waals surface area (Å²) in [6, 6.07) is 4.18. The third-order valence-corrected chi connectivity index (χ3v) is 3.23. The van der Waals surface area contributed by atoms with E-state index in [0.717, 1.165) is 31.9 Å². The quantitative estimate of drug-likeness (QED) is 0.805. The molecule has 4 heteroatoms. The van der Waals surface area contributed by atoms with Gasteiger partial charge in [-0.1, -0.05) is 0 Å². The molecule has 3 nitrogen and oxygen atoms in total. The highest BCUT2D eigenvalue weighted by molar-refractivity contribution is 7.80. The van der Waals surface area contributed by atoms with E-state index in [1.165, 1.54) is 18.7 Å². The van der Waals surface area contributed by atoms with Crippen molar-refractivity contribution in [2.24, 2.45) is 0 Å². The molecule has 1 fully saturated rings. The molecule has 0 unspecified atom stereocenters. The third-order valence-electron chi connectivity index (χ3n) is 3.03. The predicted molar refractivity (Wildman–Crippen MR) is 71.4 cm³/mol. The molecule has 0 aliphatic carbocycles. The molecule has 1 aliphatic rings. The lowest BCUT2D eigenvalue weighted by molar-refractivity contribution is 0.312. The number of nitrogens with zero attached hydrogens (tertiary/aromatic N) is 3. The van der Waals surface area contributed by atoms with Crippen molar-refractivity contribution < 1.29 is 0 Å². The lowest BCUT2D eigenvalue weighted by Gasteiger charge is -2.23. The van der Waals surface area contributed by atoms with Crippen molar-refractivity contribution in [1.82, 2.24) is 9.88 Å². The second-order valence-corrected chi connectivity index (χ2v) is 4.56. The van der Waals surface area contributed by atoms with E-state index in [2.05, 4.69) is 39.5 Å². The zero-order valence-corrected chi connectivity index (χ0v) is 10.4. The van der Waals surface area contributed by atoms with Gasteiger partial charge in [-0.05, 0) is 25.1 Å². The molecule has 0 atom stereocenters. The number of rotatable bonds is 3. The molecule has 0 N–H and O–H groups in total. The van der Waals surface area contributed by atoms with Gasteiger partial charge in [0, 0.05) is 50.0 Å². The molecule has 1 aliphatic heterocycles. The molecule has 88 valence electrons. The minimum atomic E-state index is 0.954. The largest absolute Gasteiger partial charge is 0.370 e. The van der Waals surface area contributed by atoms with Gasteiger partial charge in [-0.25, -0.2) is 0 Å². The Morgan fingerprint density at radius 2 is 1.94 bits per heavy atom. The third kappa shape index (κ3) is 3.12. The second kappa shape index (κ2) is 6.11. The lowest BCUT2D eigenvalue weighted by Crippen LogP contribution is -2.31. The summed E-state index contributed by atoms with van der Waals surface area (Å²) in [6.07, 6.45) is 4.97. The van der Waals surface area contributed by atoms with Crippen LogP contribution in [0.25, 0.3) is 0 Å². The van der Waals surface area contributed by atoms with Crippen molar-refractivity contribution in [2.75, 3.05) is 43.4 Å². The van der Waals surface area contributed by atoms with Crippen molar-refractivity contribution in [1.29, 1.82) is 0 Å². The molecule has 1 saturated heterocycles. The fourth-order valence-electron chi connectivity index (χ4n) is 2.15. The van der Waals surface area contributed by atoms with Crippen LogP contribution in [0.2, 0.25) is 0 Å². The van der Waals surface area contributed by atoms with E-state index in [4.69, 9.17) is 0 Å². The fraction of sp³-hybridized carbons (Fsp3) is 0.583. The number of pyridine rings is 1. The minimum absolute atomic E-state index is 0.954. The van der Waals surface area contributed by atoms with Crippen LogP contribution in [-0.2, 0) is 0 Å². The molecule has 16 heavy (non-hydrogen) atoms. The van der Waals surface area contributed by atoms with Gasteiger partial charge in [0.2, 0.25) is 0 Å². The van der Waals surface area contributed by atoms with Gasteiger partial charge >= 0.3 is 0 Å². The van der Waals surface area contributed by atoms with Crippen molar-refractivity contribution in [2.45, 2.75) is 6.42 Å². The average Bonchev–Trinajstić information content (AvgIpc) is 2.57. The maximum absolute atomic E-state index is 4.29.